The lowest BCUT2D eigenvalue weighted by molar-refractivity contribution is 0.112. The number of unbranched alkanes of at least 4 members (excludes halogenated alkanes) is 3. The van der Waals surface area contributed by atoms with Crippen molar-refractivity contribution in [2.24, 2.45) is 0 Å². The Labute approximate surface area is 138 Å². The summed E-state index contributed by atoms with van der Waals surface area (Å²) < 4.78 is 11.7. The van der Waals surface area contributed by atoms with Crippen LogP contribution in [0.3, 0.4) is 0 Å². The van der Waals surface area contributed by atoms with Gasteiger partial charge in [0, 0.05) is 5.56 Å². The number of aldehydes is 1. The first kappa shape index (κ1) is 17.1. The molecule has 0 radical (unpaired) electrons. The molecule has 0 aliphatic rings. The Kier molecular flexibility index (Phi) is 7.18. The molecule has 3 heteroatoms. The van der Waals surface area contributed by atoms with Crippen molar-refractivity contribution in [2.45, 2.75) is 39.2 Å². The minimum Gasteiger partial charge on any atom is -0.490 e. The maximum absolute atomic E-state index is 11.0. The maximum Gasteiger partial charge on any atom is 0.161 e. The molecular formula is C20H24O3. The highest BCUT2D eigenvalue weighted by molar-refractivity contribution is 5.76. The largest absolute Gasteiger partial charge is 0.490 e. The average molecular weight is 312 g/mol. The van der Waals surface area contributed by atoms with Crippen LogP contribution in [-0.2, 0) is 6.61 Å². The van der Waals surface area contributed by atoms with Crippen molar-refractivity contribution in [3.8, 4) is 11.5 Å². The second kappa shape index (κ2) is 9.67. The molecule has 0 aliphatic heterocycles. The fourth-order valence-corrected chi connectivity index (χ4v) is 2.28. The van der Waals surface area contributed by atoms with Crippen LogP contribution in [0.5, 0.6) is 11.5 Å². The van der Waals surface area contributed by atoms with Crippen LogP contribution >= 0.6 is 0 Å². The van der Waals surface area contributed by atoms with Gasteiger partial charge in [-0.2, -0.15) is 0 Å². The Morgan fingerprint density at radius 1 is 0.913 bits per heavy atom. The number of benzene rings is 2. The molecule has 0 unspecified atom stereocenters. The number of ether oxygens (including phenoxy) is 2. The van der Waals surface area contributed by atoms with Crippen LogP contribution in [0, 0.1) is 0 Å². The highest BCUT2D eigenvalue weighted by Gasteiger charge is 2.07. The fourth-order valence-electron chi connectivity index (χ4n) is 2.28. The van der Waals surface area contributed by atoms with Gasteiger partial charge in [0.15, 0.2) is 11.5 Å². The van der Waals surface area contributed by atoms with Crippen LogP contribution in [0.15, 0.2) is 48.5 Å². The van der Waals surface area contributed by atoms with E-state index in [9.17, 15) is 4.79 Å². The fraction of sp³-hybridized carbons (Fsp3) is 0.350. The van der Waals surface area contributed by atoms with Crippen LogP contribution in [0.25, 0.3) is 0 Å². The summed E-state index contributed by atoms with van der Waals surface area (Å²) in [4.78, 5) is 11.0. The quantitative estimate of drug-likeness (QED) is 0.455. The van der Waals surface area contributed by atoms with Crippen molar-refractivity contribution in [3.63, 3.8) is 0 Å². The molecular weight excluding hydrogens is 288 g/mol. The Bertz CT molecular complexity index is 593. The van der Waals surface area contributed by atoms with Gasteiger partial charge in [-0.1, -0.05) is 56.5 Å². The molecule has 0 fully saturated rings. The van der Waals surface area contributed by atoms with Gasteiger partial charge in [0.05, 0.1) is 6.61 Å². The van der Waals surface area contributed by atoms with Crippen molar-refractivity contribution in [1.29, 1.82) is 0 Å². The number of carbonyl (C=O) groups is 1. The van der Waals surface area contributed by atoms with Gasteiger partial charge in [-0.25, -0.2) is 0 Å². The van der Waals surface area contributed by atoms with Crippen LogP contribution in [0.4, 0.5) is 0 Å². The molecule has 2 aromatic rings. The third-order valence-corrected chi connectivity index (χ3v) is 3.60. The predicted molar refractivity (Wildman–Crippen MR) is 92.2 cm³/mol. The minimum atomic E-state index is 0.480. The summed E-state index contributed by atoms with van der Waals surface area (Å²) >= 11 is 0. The molecule has 122 valence electrons. The second-order valence-electron chi connectivity index (χ2n) is 5.51. The molecule has 0 saturated carbocycles. The summed E-state index contributed by atoms with van der Waals surface area (Å²) in [6.07, 6.45) is 5.41. The smallest absolute Gasteiger partial charge is 0.161 e. The van der Waals surface area contributed by atoms with E-state index in [-0.39, 0.29) is 0 Å². The standard InChI is InChI=1S/C20H24O3/c1-2-3-4-8-13-22-20-14-18(15-21)11-12-19(20)23-16-17-9-6-5-7-10-17/h5-7,9-12,14-15H,2-4,8,13,16H2,1H3. The van der Waals surface area contributed by atoms with Gasteiger partial charge in [-0.05, 0) is 30.2 Å². The molecule has 3 nitrogen and oxygen atoms in total. The molecule has 0 heterocycles. The molecule has 0 N–H and O–H groups in total. The molecule has 0 atom stereocenters. The van der Waals surface area contributed by atoms with Gasteiger partial charge >= 0.3 is 0 Å². The maximum atomic E-state index is 11.0. The van der Waals surface area contributed by atoms with E-state index in [0.29, 0.717) is 30.3 Å². The van der Waals surface area contributed by atoms with Gasteiger partial charge < -0.3 is 9.47 Å². The van der Waals surface area contributed by atoms with Gasteiger partial charge in [-0.3, -0.25) is 4.79 Å². The first-order valence-electron chi connectivity index (χ1n) is 8.22. The summed E-state index contributed by atoms with van der Waals surface area (Å²) in [5, 5.41) is 0. The molecule has 0 spiro atoms. The van der Waals surface area contributed by atoms with E-state index >= 15 is 0 Å². The zero-order valence-corrected chi connectivity index (χ0v) is 13.7. The zero-order chi connectivity index (χ0) is 16.3. The van der Waals surface area contributed by atoms with E-state index in [0.717, 1.165) is 24.7 Å². The van der Waals surface area contributed by atoms with E-state index in [2.05, 4.69) is 6.92 Å². The number of carbonyl (C=O) groups excluding carboxylic acids is 1. The molecule has 2 aromatic carbocycles. The SMILES string of the molecule is CCCCCCOc1cc(C=O)ccc1OCc1ccccc1. The van der Waals surface area contributed by atoms with Crippen molar-refractivity contribution >= 4 is 6.29 Å². The zero-order valence-electron chi connectivity index (χ0n) is 13.7. The number of rotatable bonds is 10. The molecule has 0 aliphatic carbocycles. The lowest BCUT2D eigenvalue weighted by atomic mass is 10.2. The van der Waals surface area contributed by atoms with Crippen LogP contribution in [-0.4, -0.2) is 12.9 Å². The molecule has 0 saturated heterocycles. The normalized spacial score (nSPS) is 10.3. The first-order chi connectivity index (χ1) is 11.3. The summed E-state index contributed by atoms with van der Waals surface area (Å²) in [6.45, 7) is 3.31. The Hall–Kier alpha value is -2.29. The highest BCUT2D eigenvalue weighted by atomic mass is 16.5. The van der Waals surface area contributed by atoms with Gasteiger partial charge in [-0.15, -0.1) is 0 Å². The molecule has 0 aromatic heterocycles. The Morgan fingerprint density at radius 3 is 2.48 bits per heavy atom. The Morgan fingerprint density at radius 2 is 1.74 bits per heavy atom. The van der Waals surface area contributed by atoms with E-state index in [1.54, 1.807) is 18.2 Å². The highest BCUT2D eigenvalue weighted by Crippen LogP contribution is 2.29. The number of hydrogen-bond donors (Lipinski definition) is 0. The monoisotopic (exact) mass is 312 g/mol. The van der Waals surface area contributed by atoms with E-state index < -0.39 is 0 Å². The lowest BCUT2D eigenvalue weighted by Gasteiger charge is -2.13. The van der Waals surface area contributed by atoms with Crippen molar-refractivity contribution in [2.75, 3.05) is 6.61 Å². The van der Waals surface area contributed by atoms with Gasteiger partial charge in [0.1, 0.15) is 12.9 Å². The summed E-state index contributed by atoms with van der Waals surface area (Å²) in [6, 6.07) is 15.3. The summed E-state index contributed by atoms with van der Waals surface area (Å²) in [5.74, 6) is 1.32. The van der Waals surface area contributed by atoms with Crippen LogP contribution < -0.4 is 9.47 Å². The Balaban J connectivity index is 1.97. The number of hydrogen-bond acceptors (Lipinski definition) is 3. The van der Waals surface area contributed by atoms with Crippen molar-refractivity contribution in [3.05, 3.63) is 59.7 Å². The molecule has 2 rings (SSSR count). The molecule has 0 bridgehead atoms. The van der Waals surface area contributed by atoms with E-state index in [1.807, 2.05) is 30.3 Å². The molecule has 23 heavy (non-hydrogen) atoms. The van der Waals surface area contributed by atoms with Crippen LogP contribution in [0.2, 0.25) is 0 Å². The van der Waals surface area contributed by atoms with Crippen LogP contribution in [0.1, 0.15) is 48.5 Å². The lowest BCUT2D eigenvalue weighted by Crippen LogP contribution is -2.02. The first-order valence-corrected chi connectivity index (χ1v) is 8.22. The summed E-state index contributed by atoms with van der Waals surface area (Å²) in [7, 11) is 0. The van der Waals surface area contributed by atoms with Gasteiger partial charge in [0.2, 0.25) is 0 Å². The topological polar surface area (TPSA) is 35.5 Å². The van der Waals surface area contributed by atoms with Gasteiger partial charge in [0.25, 0.3) is 0 Å². The summed E-state index contributed by atoms with van der Waals surface area (Å²) in [5.41, 5.74) is 1.70. The molecule has 0 amide bonds. The van der Waals surface area contributed by atoms with Crippen molar-refractivity contribution in [1.82, 2.24) is 0 Å². The average Bonchev–Trinajstić information content (AvgIpc) is 2.61. The van der Waals surface area contributed by atoms with E-state index in [1.165, 1.54) is 12.8 Å². The van der Waals surface area contributed by atoms with E-state index in [4.69, 9.17) is 9.47 Å². The van der Waals surface area contributed by atoms with Crippen molar-refractivity contribution < 1.29 is 14.3 Å². The minimum absolute atomic E-state index is 0.480. The second-order valence-corrected chi connectivity index (χ2v) is 5.51. The predicted octanol–water partition coefficient (Wildman–Crippen LogP) is 5.04. The third-order valence-electron chi connectivity index (χ3n) is 3.60. The third kappa shape index (κ3) is 5.78.